The molecule has 1 nitrogen and oxygen atoms in total. The van der Waals surface area contributed by atoms with E-state index in [0.717, 1.165) is 5.32 Å². The number of pyridine rings is 1. The van der Waals surface area contributed by atoms with Gasteiger partial charge in [-0.05, 0) is 6.07 Å². The Balaban J connectivity index is 3.13. The van der Waals surface area contributed by atoms with E-state index >= 15 is 0 Å². The van der Waals surface area contributed by atoms with Gasteiger partial charge in [-0.25, -0.2) is 4.57 Å². The van der Waals surface area contributed by atoms with Crippen molar-refractivity contribution in [2.24, 2.45) is 7.05 Å². The van der Waals surface area contributed by atoms with Crippen LogP contribution in [0.5, 0.6) is 0 Å². The van der Waals surface area contributed by atoms with Crippen LogP contribution in [0.3, 0.4) is 0 Å². The average Bonchev–Trinajstić information content (AvgIpc) is 1.77. The Morgan fingerprint density at radius 1 is 1.50 bits per heavy atom. The van der Waals surface area contributed by atoms with Crippen LogP contribution in [0.1, 0.15) is 0 Å². The van der Waals surface area contributed by atoms with Gasteiger partial charge in [0.15, 0.2) is 16.4 Å². The molecule has 0 atom stereocenters. The number of nitrogens with zero attached hydrogens (tertiary/aromatic N) is 1. The Bertz CT molecular complexity index is 165. The SMILES string of the molecule is C[n+]1ccccc1[Si]. The largest absolute Gasteiger partial charge is 0.211 e. The summed E-state index contributed by atoms with van der Waals surface area (Å²) in [4.78, 5) is 0. The third-order valence-electron chi connectivity index (χ3n) is 1.05. The van der Waals surface area contributed by atoms with Crippen molar-refractivity contribution in [2.75, 3.05) is 0 Å². The van der Waals surface area contributed by atoms with E-state index in [1.54, 1.807) is 0 Å². The quantitative estimate of drug-likeness (QED) is 0.316. The Morgan fingerprint density at radius 2 is 2.25 bits per heavy atom. The van der Waals surface area contributed by atoms with Gasteiger partial charge in [0, 0.05) is 6.07 Å². The van der Waals surface area contributed by atoms with E-state index in [1.807, 2.05) is 36.0 Å². The molecule has 8 heavy (non-hydrogen) atoms. The fourth-order valence-electron chi connectivity index (χ4n) is 0.523. The summed E-state index contributed by atoms with van der Waals surface area (Å²) in [6, 6.07) is 5.98. The molecule has 0 N–H and O–H groups in total. The monoisotopic (exact) mass is 121 g/mol. The highest BCUT2D eigenvalue weighted by Crippen LogP contribution is 1.68. The van der Waals surface area contributed by atoms with E-state index in [9.17, 15) is 0 Å². The van der Waals surface area contributed by atoms with Crippen LogP contribution < -0.4 is 9.88 Å². The highest BCUT2D eigenvalue weighted by atomic mass is 28.1. The lowest BCUT2D eigenvalue weighted by Gasteiger charge is -1.87. The molecule has 0 aliphatic heterocycles. The Labute approximate surface area is 52.4 Å². The lowest BCUT2D eigenvalue weighted by Crippen LogP contribution is -2.45. The molecule has 0 saturated heterocycles. The topological polar surface area (TPSA) is 3.88 Å². The van der Waals surface area contributed by atoms with Crippen LogP contribution in [0.15, 0.2) is 24.4 Å². The van der Waals surface area contributed by atoms with Gasteiger partial charge >= 0.3 is 0 Å². The Hall–Kier alpha value is -0.633. The third-order valence-corrected chi connectivity index (χ3v) is 1.57. The van der Waals surface area contributed by atoms with E-state index in [-0.39, 0.29) is 0 Å². The summed E-state index contributed by atoms with van der Waals surface area (Å²) in [7, 11) is 5.39. The zero-order valence-electron chi connectivity index (χ0n) is 4.76. The van der Waals surface area contributed by atoms with Crippen molar-refractivity contribution in [3.05, 3.63) is 24.4 Å². The summed E-state index contributed by atoms with van der Waals surface area (Å²) in [5.74, 6) is 0. The molecule has 0 amide bonds. The molecule has 0 aliphatic carbocycles. The van der Waals surface area contributed by atoms with Crippen molar-refractivity contribution in [2.45, 2.75) is 0 Å². The molecule has 1 rings (SSSR count). The molecule has 1 heterocycles. The zero-order chi connectivity index (χ0) is 5.98. The summed E-state index contributed by atoms with van der Waals surface area (Å²) < 4.78 is 2.00. The smallest absolute Gasteiger partial charge is 0.171 e. The molecule has 1 aromatic heterocycles. The molecule has 39 valence electrons. The van der Waals surface area contributed by atoms with Gasteiger partial charge in [0.25, 0.3) is 0 Å². The van der Waals surface area contributed by atoms with E-state index in [4.69, 9.17) is 0 Å². The minimum absolute atomic E-state index is 1.09. The minimum Gasteiger partial charge on any atom is -0.211 e. The normalized spacial score (nSPS) is 9.25. The molecule has 0 unspecified atom stereocenters. The van der Waals surface area contributed by atoms with Crippen molar-refractivity contribution in [1.29, 1.82) is 0 Å². The van der Waals surface area contributed by atoms with Crippen molar-refractivity contribution < 1.29 is 4.57 Å². The minimum atomic E-state index is 1.09. The first kappa shape index (κ1) is 5.50. The van der Waals surface area contributed by atoms with Gasteiger partial charge in [-0.1, -0.05) is 6.07 Å². The number of rotatable bonds is 0. The number of hydrogen-bond acceptors (Lipinski definition) is 0. The molecule has 0 spiro atoms. The predicted octanol–water partition coefficient (Wildman–Crippen LogP) is -0.695. The second-order valence-electron chi connectivity index (χ2n) is 1.70. The van der Waals surface area contributed by atoms with Gasteiger partial charge in [0.1, 0.15) is 12.4 Å². The molecule has 2 heteroatoms. The van der Waals surface area contributed by atoms with E-state index in [2.05, 4.69) is 10.2 Å². The van der Waals surface area contributed by atoms with Crippen LogP contribution in [0.2, 0.25) is 0 Å². The van der Waals surface area contributed by atoms with Crippen molar-refractivity contribution in [3.63, 3.8) is 0 Å². The second kappa shape index (κ2) is 2.09. The maximum Gasteiger partial charge on any atom is 0.171 e. The van der Waals surface area contributed by atoms with Crippen LogP contribution in [0.25, 0.3) is 0 Å². The van der Waals surface area contributed by atoms with Gasteiger partial charge in [0.05, 0.1) is 0 Å². The zero-order valence-corrected chi connectivity index (χ0v) is 5.76. The highest BCUT2D eigenvalue weighted by Gasteiger charge is 1.91. The first-order valence-corrected chi connectivity index (χ1v) is 2.97. The third kappa shape index (κ3) is 0.952. The second-order valence-corrected chi connectivity index (χ2v) is 2.21. The fraction of sp³-hybridized carbons (Fsp3) is 0.167. The van der Waals surface area contributed by atoms with Gasteiger partial charge in [-0.15, -0.1) is 0 Å². The summed E-state index contributed by atoms with van der Waals surface area (Å²) >= 11 is 0. The van der Waals surface area contributed by atoms with Gasteiger partial charge in [0.2, 0.25) is 0 Å². The van der Waals surface area contributed by atoms with Gasteiger partial charge in [-0.2, -0.15) is 0 Å². The molecule has 0 bridgehead atoms. The maximum atomic E-state index is 3.41. The average molecular weight is 121 g/mol. The molecule has 0 aliphatic rings. The van der Waals surface area contributed by atoms with E-state index in [1.165, 1.54) is 0 Å². The maximum absolute atomic E-state index is 3.41. The molecule has 0 aromatic carbocycles. The van der Waals surface area contributed by atoms with Gasteiger partial charge < -0.3 is 0 Å². The van der Waals surface area contributed by atoms with E-state index < -0.39 is 0 Å². The number of aromatic nitrogens is 1. The lowest BCUT2D eigenvalue weighted by atomic mass is 10.5. The standard InChI is InChI=1S/C6H7NSi/c1-7-5-3-2-4-6(7)8/h2-5H,1H3/q+1. The van der Waals surface area contributed by atoms with E-state index in [0.29, 0.717) is 0 Å². The van der Waals surface area contributed by atoms with Crippen molar-refractivity contribution in [3.8, 4) is 0 Å². The first-order valence-electron chi connectivity index (χ1n) is 2.47. The molecule has 3 radical (unpaired) electrons. The van der Waals surface area contributed by atoms with Crippen LogP contribution in [-0.4, -0.2) is 10.2 Å². The molecular weight excluding hydrogens is 114 g/mol. The predicted molar refractivity (Wildman–Crippen MR) is 33.0 cm³/mol. The summed E-state index contributed by atoms with van der Waals surface area (Å²) in [5.41, 5.74) is 0. The van der Waals surface area contributed by atoms with Crippen molar-refractivity contribution >= 4 is 15.6 Å². The number of hydrogen-bond donors (Lipinski definition) is 0. The lowest BCUT2D eigenvalue weighted by molar-refractivity contribution is -0.653. The summed E-state index contributed by atoms with van der Waals surface area (Å²) in [6.07, 6.45) is 1.99. The van der Waals surface area contributed by atoms with Gasteiger partial charge in [-0.3, -0.25) is 0 Å². The Morgan fingerprint density at radius 3 is 2.62 bits per heavy atom. The fourth-order valence-corrected chi connectivity index (χ4v) is 0.694. The molecule has 1 aromatic rings. The summed E-state index contributed by atoms with van der Waals surface area (Å²) in [6.45, 7) is 0. The molecule has 0 saturated carbocycles. The van der Waals surface area contributed by atoms with Crippen LogP contribution in [-0.2, 0) is 7.05 Å². The molecular formula is C6H7NSi+. The molecule has 0 fully saturated rings. The van der Waals surface area contributed by atoms with Crippen LogP contribution in [0.4, 0.5) is 0 Å². The first-order chi connectivity index (χ1) is 3.80. The van der Waals surface area contributed by atoms with Crippen LogP contribution in [0, 0.1) is 0 Å². The highest BCUT2D eigenvalue weighted by molar-refractivity contribution is 6.29. The van der Waals surface area contributed by atoms with Crippen LogP contribution >= 0.6 is 0 Å². The van der Waals surface area contributed by atoms with Crippen molar-refractivity contribution in [1.82, 2.24) is 0 Å². The number of aryl methyl sites for hydroxylation is 1. The Kier molecular flexibility index (Phi) is 1.44. The summed E-state index contributed by atoms with van der Waals surface area (Å²) in [5, 5.41) is 1.09.